The minimum absolute atomic E-state index is 0.0301. The zero-order chi connectivity index (χ0) is 28.5. The van der Waals surface area contributed by atoms with Gasteiger partial charge in [-0.1, -0.05) is 43.8 Å². The molecule has 7 nitrogen and oxygen atoms in total. The van der Waals surface area contributed by atoms with E-state index in [1.807, 2.05) is 80.3 Å². The highest BCUT2D eigenvalue weighted by Gasteiger charge is 2.22. The summed E-state index contributed by atoms with van der Waals surface area (Å²) in [6, 6.07) is 21.7. The Morgan fingerprint density at radius 2 is 1.80 bits per heavy atom. The number of thiazole rings is 1. The van der Waals surface area contributed by atoms with Gasteiger partial charge in [-0.25, -0.2) is 4.98 Å². The van der Waals surface area contributed by atoms with Crippen LogP contribution in [-0.4, -0.2) is 29.8 Å². The molecule has 6 rings (SSSR count). The number of aromatic nitrogens is 1. The van der Waals surface area contributed by atoms with Crippen LogP contribution in [0.25, 0.3) is 10.6 Å². The first kappa shape index (κ1) is 29.0. The zero-order valence-electron chi connectivity index (χ0n) is 22.8. The van der Waals surface area contributed by atoms with Crippen molar-refractivity contribution in [2.24, 2.45) is 0 Å². The van der Waals surface area contributed by atoms with E-state index in [-0.39, 0.29) is 11.8 Å². The van der Waals surface area contributed by atoms with Crippen molar-refractivity contribution in [1.82, 2.24) is 10.3 Å². The molecule has 3 aromatic carbocycles. The Bertz CT molecular complexity index is 1480. The molecular weight excluding hydrogens is 541 g/mol. The van der Waals surface area contributed by atoms with Gasteiger partial charge in [0.25, 0.3) is 5.91 Å². The van der Waals surface area contributed by atoms with Crippen LogP contribution in [0.3, 0.4) is 0 Å². The molecule has 1 aromatic heterocycles. The van der Waals surface area contributed by atoms with Crippen molar-refractivity contribution >= 4 is 52.7 Å². The van der Waals surface area contributed by atoms with Gasteiger partial charge in [-0.15, -0.1) is 11.3 Å². The van der Waals surface area contributed by atoms with Gasteiger partial charge in [-0.05, 0) is 67.4 Å². The normalized spacial score (nSPS) is 13.4. The predicted molar refractivity (Wildman–Crippen MR) is 163 cm³/mol. The van der Waals surface area contributed by atoms with E-state index in [0.717, 1.165) is 60.7 Å². The van der Waals surface area contributed by atoms with E-state index in [0.29, 0.717) is 19.4 Å². The Kier molecular flexibility index (Phi) is 10.1. The highest BCUT2D eigenvalue weighted by molar-refractivity contribution is 7.99. The van der Waals surface area contributed by atoms with Crippen LogP contribution in [0.4, 0.5) is 11.4 Å². The lowest BCUT2D eigenvalue weighted by molar-refractivity contribution is -0.117. The number of hydrogen-bond acceptors (Lipinski definition) is 6. The van der Waals surface area contributed by atoms with Gasteiger partial charge in [0.05, 0.1) is 17.8 Å². The lowest BCUT2D eigenvalue weighted by Crippen LogP contribution is -2.23. The Hall–Kier alpha value is -3.95. The van der Waals surface area contributed by atoms with Crippen LogP contribution in [0.2, 0.25) is 0 Å². The Balaban J connectivity index is 0.000000177. The molecule has 0 radical (unpaired) electrons. The molecular formula is C31H32N4O3S2. The number of aryl methyl sites for hydroxylation is 1. The largest absolute Gasteiger partial charge is 0.354 e. The molecule has 0 unspecified atom stereocenters. The van der Waals surface area contributed by atoms with Crippen LogP contribution < -0.4 is 15.5 Å². The first-order chi connectivity index (χ1) is 19.5. The van der Waals surface area contributed by atoms with Crippen molar-refractivity contribution in [2.45, 2.75) is 49.9 Å². The van der Waals surface area contributed by atoms with Crippen LogP contribution >= 0.6 is 23.1 Å². The summed E-state index contributed by atoms with van der Waals surface area (Å²) in [6.45, 7) is 7.33. The molecule has 0 saturated carbocycles. The monoisotopic (exact) mass is 572 g/mol. The van der Waals surface area contributed by atoms with Gasteiger partial charge >= 0.3 is 0 Å². The van der Waals surface area contributed by atoms with E-state index in [2.05, 4.69) is 27.8 Å². The molecule has 2 aliphatic rings. The van der Waals surface area contributed by atoms with Crippen molar-refractivity contribution < 1.29 is 14.4 Å². The molecule has 206 valence electrons. The molecule has 9 heteroatoms. The molecule has 4 aromatic rings. The molecule has 0 atom stereocenters. The van der Waals surface area contributed by atoms with Gasteiger partial charge in [0, 0.05) is 45.1 Å². The summed E-state index contributed by atoms with van der Waals surface area (Å²) in [7, 11) is 0. The van der Waals surface area contributed by atoms with Crippen molar-refractivity contribution in [3.05, 3.63) is 88.9 Å². The third-order valence-corrected chi connectivity index (χ3v) is 8.35. The summed E-state index contributed by atoms with van der Waals surface area (Å²) in [4.78, 5) is 43.4. The fourth-order valence-corrected chi connectivity index (χ4v) is 6.13. The Morgan fingerprint density at radius 1 is 1.02 bits per heavy atom. The fraction of sp³-hybridized carbons (Fsp3) is 0.226. The molecule has 1 saturated heterocycles. The third kappa shape index (κ3) is 6.97. The average Bonchev–Trinajstić information content (AvgIpc) is 3.61. The summed E-state index contributed by atoms with van der Waals surface area (Å²) in [5.41, 5.74) is 4.76. The number of rotatable bonds is 5. The first-order valence-corrected chi connectivity index (χ1v) is 14.9. The fourth-order valence-electron chi connectivity index (χ4n) is 4.25. The van der Waals surface area contributed by atoms with Crippen molar-refractivity contribution in [1.29, 1.82) is 0 Å². The molecule has 2 aliphatic heterocycles. The maximum atomic E-state index is 12.1. The molecule has 40 heavy (non-hydrogen) atoms. The van der Waals surface area contributed by atoms with Crippen LogP contribution in [0.5, 0.6) is 0 Å². The van der Waals surface area contributed by atoms with Gasteiger partial charge in [0.2, 0.25) is 12.3 Å². The third-order valence-electron chi connectivity index (χ3n) is 6.15. The maximum absolute atomic E-state index is 12.1. The zero-order valence-corrected chi connectivity index (χ0v) is 24.4. The highest BCUT2D eigenvalue weighted by atomic mass is 32.2. The number of carbonyl (C=O) groups excluding carboxylic acids is 3. The van der Waals surface area contributed by atoms with Gasteiger partial charge in [0.1, 0.15) is 5.01 Å². The average molecular weight is 573 g/mol. The topological polar surface area (TPSA) is 91.4 Å². The molecule has 2 N–H and O–H groups in total. The SMILES string of the molecule is CC.Cc1ccc2c(c1)NC(=O)c1ccccc1S2.O=CNCc1cnc(-c2ccc(N3CCCC3=O)cc2)s1. The summed E-state index contributed by atoms with van der Waals surface area (Å²) in [5.74, 6) is 0.164. The number of nitrogens with zero attached hydrogens (tertiary/aromatic N) is 2. The summed E-state index contributed by atoms with van der Waals surface area (Å²) in [6.07, 6.45) is 4.02. The van der Waals surface area contributed by atoms with E-state index >= 15 is 0 Å². The van der Waals surface area contributed by atoms with Crippen molar-refractivity contribution in [2.75, 3.05) is 16.8 Å². The van der Waals surface area contributed by atoms with Crippen LogP contribution in [0.1, 0.15) is 47.5 Å². The van der Waals surface area contributed by atoms with Gasteiger partial charge in [0.15, 0.2) is 0 Å². The minimum atomic E-state index is -0.0301. The van der Waals surface area contributed by atoms with E-state index in [1.54, 1.807) is 29.3 Å². The predicted octanol–water partition coefficient (Wildman–Crippen LogP) is 6.92. The summed E-state index contributed by atoms with van der Waals surface area (Å²) < 4.78 is 0. The number of benzene rings is 3. The second kappa shape index (κ2) is 13.9. The Labute approximate surface area is 243 Å². The molecule has 3 heterocycles. The molecule has 0 spiro atoms. The minimum Gasteiger partial charge on any atom is -0.354 e. The van der Waals surface area contributed by atoms with Crippen molar-refractivity contribution in [3.8, 4) is 10.6 Å². The number of fused-ring (bicyclic) bond motifs is 2. The van der Waals surface area contributed by atoms with E-state index < -0.39 is 0 Å². The maximum Gasteiger partial charge on any atom is 0.256 e. The quantitative estimate of drug-likeness (QED) is 0.253. The van der Waals surface area contributed by atoms with Gasteiger partial charge < -0.3 is 15.5 Å². The number of amides is 3. The summed E-state index contributed by atoms with van der Waals surface area (Å²) >= 11 is 3.18. The van der Waals surface area contributed by atoms with E-state index in [1.165, 1.54) is 0 Å². The van der Waals surface area contributed by atoms with Gasteiger partial charge in [-0.2, -0.15) is 0 Å². The smallest absolute Gasteiger partial charge is 0.256 e. The summed E-state index contributed by atoms with van der Waals surface area (Å²) in [5, 5.41) is 6.50. The molecule has 0 aliphatic carbocycles. The van der Waals surface area contributed by atoms with Crippen molar-refractivity contribution in [3.63, 3.8) is 0 Å². The highest BCUT2D eigenvalue weighted by Crippen LogP contribution is 2.38. The van der Waals surface area contributed by atoms with E-state index in [9.17, 15) is 14.4 Å². The molecule has 3 amide bonds. The van der Waals surface area contributed by atoms with Crippen LogP contribution in [0, 0.1) is 6.92 Å². The number of hydrogen-bond donors (Lipinski definition) is 2. The number of anilines is 2. The van der Waals surface area contributed by atoms with Crippen LogP contribution in [0.15, 0.2) is 82.7 Å². The molecule has 0 bridgehead atoms. The molecule has 1 fully saturated rings. The number of carbonyl (C=O) groups is 3. The lowest BCUT2D eigenvalue weighted by Gasteiger charge is -2.15. The van der Waals surface area contributed by atoms with Gasteiger partial charge in [-0.3, -0.25) is 14.4 Å². The standard InChI is InChI=1S/C15H15N3O2S.C14H11NOS.C2H6/c19-10-16-8-13-9-17-15(21-13)11-3-5-12(6-4-11)18-7-1-2-14(18)20;1-9-6-7-13-11(8-9)15-14(16)10-4-2-3-5-12(10)17-13;1-2/h3-6,9-10H,1-2,7-8H2,(H,16,19);2-8H,1H3,(H,15,16);1-2H3. The first-order valence-electron chi connectivity index (χ1n) is 13.2. The second-order valence-corrected chi connectivity index (χ2v) is 11.1. The lowest BCUT2D eigenvalue weighted by atomic mass is 10.2. The number of nitrogens with one attached hydrogen (secondary N) is 2. The Morgan fingerprint density at radius 3 is 2.52 bits per heavy atom. The second-order valence-electron chi connectivity index (χ2n) is 8.88. The van der Waals surface area contributed by atoms with E-state index in [4.69, 9.17) is 0 Å². The van der Waals surface area contributed by atoms with Crippen LogP contribution in [-0.2, 0) is 16.1 Å².